The van der Waals surface area contributed by atoms with Crippen LogP contribution in [0.1, 0.15) is 77.6 Å². The Hall–Kier alpha value is -0.570. The van der Waals surface area contributed by atoms with E-state index in [4.69, 9.17) is 4.84 Å². The smallest absolute Gasteiger partial charge is 0.248 e. The number of carbonyl (C=O) groups is 1. The zero-order valence-corrected chi connectivity index (χ0v) is 13.7. The van der Waals surface area contributed by atoms with Crippen LogP contribution in [0, 0.1) is 11.8 Å². The SMILES string of the molecule is CON(C)C(=O)C1CCCCCC[C@H](C)CCCCC1. The molecular weight excluding hydrogens is 250 g/mol. The fourth-order valence-electron chi connectivity index (χ4n) is 3.18. The first-order valence-electron chi connectivity index (χ1n) is 8.46. The van der Waals surface area contributed by atoms with Gasteiger partial charge in [-0.2, -0.15) is 0 Å². The third kappa shape index (κ3) is 6.74. The number of hydrogen-bond donors (Lipinski definition) is 0. The summed E-state index contributed by atoms with van der Waals surface area (Å²) in [5.74, 6) is 1.21. The normalized spacial score (nSPS) is 26.9. The van der Waals surface area contributed by atoms with Gasteiger partial charge < -0.3 is 0 Å². The quantitative estimate of drug-likeness (QED) is 0.695. The van der Waals surface area contributed by atoms with E-state index >= 15 is 0 Å². The Kier molecular flexibility index (Phi) is 8.92. The highest BCUT2D eigenvalue weighted by molar-refractivity contribution is 5.77. The van der Waals surface area contributed by atoms with Crippen LogP contribution in [0.25, 0.3) is 0 Å². The lowest BCUT2D eigenvalue weighted by atomic mass is 9.93. The van der Waals surface area contributed by atoms with E-state index in [-0.39, 0.29) is 11.8 Å². The molecular formula is C17H33NO2. The maximum absolute atomic E-state index is 12.3. The summed E-state index contributed by atoms with van der Waals surface area (Å²) in [5, 5.41) is 1.41. The molecule has 20 heavy (non-hydrogen) atoms. The highest BCUT2D eigenvalue weighted by Gasteiger charge is 2.21. The van der Waals surface area contributed by atoms with E-state index in [1.807, 2.05) is 0 Å². The Labute approximate surface area is 125 Å². The van der Waals surface area contributed by atoms with Gasteiger partial charge in [0.05, 0.1) is 7.11 Å². The van der Waals surface area contributed by atoms with Gasteiger partial charge in [-0.1, -0.05) is 64.7 Å². The van der Waals surface area contributed by atoms with E-state index in [0.717, 1.165) is 18.8 Å². The monoisotopic (exact) mass is 283 g/mol. The molecule has 0 aromatic carbocycles. The summed E-state index contributed by atoms with van der Waals surface area (Å²) in [6.07, 6.45) is 13.7. The van der Waals surface area contributed by atoms with Crippen molar-refractivity contribution in [3.05, 3.63) is 0 Å². The highest BCUT2D eigenvalue weighted by atomic mass is 16.7. The van der Waals surface area contributed by atoms with Gasteiger partial charge in [0.1, 0.15) is 0 Å². The summed E-state index contributed by atoms with van der Waals surface area (Å²) in [6.45, 7) is 2.39. The molecule has 1 saturated carbocycles. The lowest BCUT2D eigenvalue weighted by Gasteiger charge is -2.21. The maximum atomic E-state index is 12.3. The van der Waals surface area contributed by atoms with Crippen LogP contribution in [0.3, 0.4) is 0 Å². The number of amides is 1. The summed E-state index contributed by atoms with van der Waals surface area (Å²) in [4.78, 5) is 17.3. The summed E-state index contributed by atoms with van der Waals surface area (Å²) in [5.41, 5.74) is 0. The molecule has 0 bridgehead atoms. The number of hydroxylamine groups is 2. The zero-order valence-electron chi connectivity index (χ0n) is 13.7. The maximum Gasteiger partial charge on any atom is 0.248 e. The predicted octanol–water partition coefficient (Wildman–Crippen LogP) is 4.56. The molecule has 0 radical (unpaired) electrons. The standard InChI is InChI=1S/C17H33NO2/c1-15-11-7-4-5-9-13-16(14-10-6-8-12-15)17(19)18(2)20-3/h15-16H,4-14H2,1-3H3/t15-,16?/m0/s1. The molecule has 1 fully saturated rings. The van der Waals surface area contributed by atoms with Crippen molar-refractivity contribution in [3.63, 3.8) is 0 Å². The third-order valence-electron chi connectivity index (χ3n) is 4.68. The molecule has 3 heteroatoms. The van der Waals surface area contributed by atoms with Gasteiger partial charge in [-0.15, -0.1) is 0 Å². The highest BCUT2D eigenvalue weighted by Crippen LogP contribution is 2.24. The number of carbonyl (C=O) groups excluding carboxylic acids is 1. The van der Waals surface area contributed by atoms with E-state index < -0.39 is 0 Å². The Bertz CT molecular complexity index is 268. The molecule has 3 nitrogen and oxygen atoms in total. The van der Waals surface area contributed by atoms with Gasteiger partial charge >= 0.3 is 0 Å². The van der Waals surface area contributed by atoms with Crippen molar-refractivity contribution in [1.82, 2.24) is 5.06 Å². The van der Waals surface area contributed by atoms with Gasteiger partial charge in [-0.05, 0) is 18.8 Å². The van der Waals surface area contributed by atoms with Gasteiger partial charge in [-0.25, -0.2) is 5.06 Å². The molecule has 1 unspecified atom stereocenters. The van der Waals surface area contributed by atoms with Gasteiger partial charge in [0.2, 0.25) is 5.91 Å². The minimum Gasteiger partial charge on any atom is -0.275 e. The van der Waals surface area contributed by atoms with Crippen LogP contribution < -0.4 is 0 Å². The summed E-state index contributed by atoms with van der Waals surface area (Å²) >= 11 is 0. The second-order valence-electron chi connectivity index (χ2n) is 6.45. The molecule has 1 aliphatic carbocycles. The van der Waals surface area contributed by atoms with Gasteiger partial charge in [0.25, 0.3) is 0 Å². The van der Waals surface area contributed by atoms with Crippen molar-refractivity contribution in [2.45, 2.75) is 77.6 Å². The first-order chi connectivity index (χ1) is 9.65. The van der Waals surface area contributed by atoms with E-state index in [2.05, 4.69) is 6.92 Å². The average Bonchev–Trinajstić information content (AvgIpc) is 2.47. The van der Waals surface area contributed by atoms with Crippen molar-refractivity contribution in [2.75, 3.05) is 14.2 Å². The molecule has 0 saturated heterocycles. The van der Waals surface area contributed by atoms with Crippen molar-refractivity contribution in [3.8, 4) is 0 Å². The van der Waals surface area contributed by atoms with Crippen LogP contribution in [0.2, 0.25) is 0 Å². The largest absolute Gasteiger partial charge is 0.275 e. The fourth-order valence-corrected chi connectivity index (χ4v) is 3.18. The predicted molar refractivity (Wildman–Crippen MR) is 83.2 cm³/mol. The second-order valence-corrected chi connectivity index (χ2v) is 6.45. The molecule has 2 atom stereocenters. The molecule has 1 aliphatic rings. The minimum absolute atomic E-state index is 0.163. The van der Waals surface area contributed by atoms with Gasteiger partial charge in [0.15, 0.2) is 0 Å². The molecule has 0 aliphatic heterocycles. The van der Waals surface area contributed by atoms with E-state index in [1.165, 1.54) is 62.9 Å². The summed E-state index contributed by atoms with van der Waals surface area (Å²) in [7, 11) is 3.30. The Balaban J connectivity index is 2.46. The number of nitrogens with zero attached hydrogens (tertiary/aromatic N) is 1. The second kappa shape index (κ2) is 10.2. The van der Waals surface area contributed by atoms with Crippen LogP contribution in [0.5, 0.6) is 0 Å². The molecule has 0 spiro atoms. The van der Waals surface area contributed by atoms with Crippen molar-refractivity contribution in [1.29, 1.82) is 0 Å². The minimum atomic E-state index is 0.163. The van der Waals surface area contributed by atoms with Crippen LogP contribution in [-0.2, 0) is 9.63 Å². The van der Waals surface area contributed by atoms with E-state index in [1.54, 1.807) is 14.2 Å². The lowest BCUT2D eigenvalue weighted by Crippen LogP contribution is -2.32. The van der Waals surface area contributed by atoms with E-state index in [0.29, 0.717) is 0 Å². The number of rotatable bonds is 2. The molecule has 118 valence electrons. The van der Waals surface area contributed by atoms with Crippen LogP contribution in [-0.4, -0.2) is 25.1 Å². The van der Waals surface area contributed by atoms with Crippen molar-refractivity contribution < 1.29 is 9.63 Å². The van der Waals surface area contributed by atoms with Gasteiger partial charge in [-0.3, -0.25) is 9.63 Å². The van der Waals surface area contributed by atoms with Crippen molar-refractivity contribution >= 4 is 5.91 Å². The van der Waals surface area contributed by atoms with E-state index in [9.17, 15) is 4.79 Å². The summed E-state index contributed by atoms with van der Waals surface area (Å²) < 4.78 is 0. The third-order valence-corrected chi connectivity index (χ3v) is 4.68. The molecule has 0 N–H and O–H groups in total. The molecule has 0 aromatic heterocycles. The zero-order chi connectivity index (χ0) is 14.8. The molecule has 0 heterocycles. The summed E-state index contributed by atoms with van der Waals surface area (Å²) in [6, 6.07) is 0. The lowest BCUT2D eigenvalue weighted by molar-refractivity contribution is -0.174. The Morgan fingerprint density at radius 2 is 1.35 bits per heavy atom. The fraction of sp³-hybridized carbons (Fsp3) is 0.941. The Morgan fingerprint density at radius 3 is 1.85 bits per heavy atom. The first-order valence-corrected chi connectivity index (χ1v) is 8.46. The molecule has 1 amide bonds. The van der Waals surface area contributed by atoms with Crippen LogP contribution >= 0.6 is 0 Å². The van der Waals surface area contributed by atoms with Crippen molar-refractivity contribution in [2.24, 2.45) is 11.8 Å². The van der Waals surface area contributed by atoms with Crippen LogP contribution in [0.15, 0.2) is 0 Å². The number of hydrogen-bond acceptors (Lipinski definition) is 2. The average molecular weight is 283 g/mol. The van der Waals surface area contributed by atoms with Crippen LogP contribution in [0.4, 0.5) is 0 Å². The molecule has 0 aromatic rings. The first kappa shape index (κ1) is 17.5. The topological polar surface area (TPSA) is 29.5 Å². The Morgan fingerprint density at radius 1 is 0.900 bits per heavy atom. The van der Waals surface area contributed by atoms with Gasteiger partial charge in [0, 0.05) is 13.0 Å². The molecule has 1 rings (SSSR count).